The van der Waals surface area contributed by atoms with Crippen molar-refractivity contribution in [2.75, 3.05) is 33.0 Å². The number of rotatable bonds is 59. The Labute approximate surface area is 507 Å². The van der Waals surface area contributed by atoms with Gasteiger partial charge in [-0.05, 0) is 64.2 Å². The van der Waals surface area contributed by atoms with Gasteiger partial charge in [0.25, 0.3) is 0 Å². The standard InChI is InChI=1S/C69H130O14/c1-3-5-7-9-11-13-15-17-19-21-23-25-27-28-29-31-33-35-37-39-41-43-45-47-49-51-53-78-55-58(56-79-68-67(77)65(75)63(73)60(83-68)57-80-69-66(76)64(74)62(72)59(54-70)82-69)81-61(71)52-50-48-46-44-42-40-38-36-34-32-30-26-24-22-20-18-16-14-12-10-8-6-4-2/h21-24,58-60,62-70,72-77H,3-20,25-57H2,1-2H3/b23-21-,24-22-. The molecule has 0 aromatic heterocycles. The van der Waals surface area contributed by atoms with Crippen LogP contribution in [0.4, 0.5) is 0 Å². The lowest BCUT2D eigenvalue weighted by Crippen LogP contribution is -2.61. The van der Waals surface area contributed by atoms with E-state index in [1.54, 1.807) is 0 Å². The molecule has 11 unspecified atom stereocenters. The summed E-state index contributed by atoms with van der Waals surface area (Å²) in [6.45, 7) is 3.76. The third-order valence-corrected chi connectivity index (χ3v) is 16.9. The van der Waals surface area contributed by atoms with Gasteiger partial charge in [-0.25, -0.2) is 0 Å². The molecule has 490 valence electrons. The van der Waals surface area contributed by atoms with Crippen molar-refractivity contribution in [1.82, 2.24) is 0 Å². The molecule has 14 nitrogen and oxygen atoms in total. The number of esters is 1. The Hall–Kier alpha value is -1.53. The first-order valence-electron chi connectivity index (χ1n) is 34.9. The van der Waals surface area contributed by atoms with Crippen molar-refractivity contribution in [3.63, 3.8) is 0 Å². The van der Waals surface area contributed by atoms with Crippen molar-refractivity contribution in [3.8, 4) is 0 Å². The quantitative estimate of drug-likeness (QED) is 0.0171. The topological polar surface area (TPSA) is 214 Å². The highest BCUT2D eigenvalue weighted by molar-refractivity contribution is 5.69. The highest BCUT2D eigenvalue weighted by Crippen LogP contribution is 2.27. The molecule has 2 fully saturated rings. The summed E-state index contributed by atoms with van der Waals surface area (Å²) in [5.41, 5.74) is 0. The van der Waals surface area contributed by atoms with Crippen LogP contribution in [0.15, 0.2) is 24.3 Å². The molecule has 0 amide bonds. The van der Waals surface area contributed by atoms with Gasteiger partial charge in [0.1, 0.15) is 54.9 Å². The lowest BCUT2D eigenvalue weighted by atomic mass is 9.98. The SMILES string of the molecule is CCCCCCCCCC/C=C\CCCCCCCCCCCCCCCCOCC(COC1OC(COC2OC(CO)C(O)C(O)C2O)C(O)C(O)C1O)OC(=O)CCCCCCCCCCCCC/C=C\CCCCCCCCCC. The zero-order valence-electron chi connectivity index (χ0n) is 53.2. The van der Waals surface area contributed by atoms with Crippen molar-refractivity contribution in [1.29, 1.82) is 0 Å². The minimum Gasteiger partial charge on any atom is -0.457 e. The van der Waals surface area contributed by atoms with E-state index >= 15 is 0 Å². The van der Waals surface area contributed by atoms with Crippen LogP contribution >= 0.6 is 0 Å². The summed E-state index contributed by atoms with van der Waals surface area (Å²) in [6, 6.07) is 0. The summed E-state index contributed by atoms with van der Waals surface area (Å²) in [7, 11) is 0. The third kappa shape index (κ3) is 41.3. The van der Waals surface area contributed by atoms with Crippen LogP contribution in [0.3, 0.4) is 0 Å². The molecule has 11 atom stereocenters. The molecule has 0 saturated carbocycles. The molecule has 0 bridgehead atoms. The predicted molar refractivity (Wildman–Crippen MR) is 335 cm³/mol. The van der Waals surface area contributed by atoms with Crippen LogP contribution in [0.1, 0.15) is 309 Å². The van der Waals surface area contributed by atoms with Gasteiger partial charge >= 0.3 is 5.97 Å². The normalized spacial score (nSPS) is 23.5. The minimum absolute atomic E-state index is 0.0661. The summed E-state index contributed by atoms with van der Waals surface area (Å²) in [6.07, 6.45) is 51.1. The van der Waals surface area contributed by atoms with Crippen molar-refractivity contribution in [2.24, 2.45) is 0 Å². The fourth-order valence-corrected chi connectivity index (χ4v) is 11.3. The van der Waals surface area contributed by atoms with E-state index < -0.39 is 80.7 Å². The highest BCUT2D eigenvalue weighted by atomic mass is 16.7. The Kier molecular flexibility index (Phi) is 52.1. The van der Waals surface area contributed by atoms with Gasteiger partial charge in [-0.15, -0.1) is 0 Å². The van der Waals surface area contributed by atoms with Crippen LogP contribution in [-0.4, -0.2) is 142 Å². The second kappa shape index (κ2) is 55.8. The highest BCUT2D eigenvalue weighted by Gasteiger charge is 2.47. The molecule has 0 aromatic carbocycles. The molecule has 2 heterocycles. The molecule has 0 aliphatic carbocycles. The molecule has 2 saturated heterocycles. The minimum atomic E-state index is -1.71. The molecular formula is C69H130O14. The number of ether oxygens (including phenoxy) is 6. The van der Waals surface area contributed by atoms with E-state index in [4.69, 9.17) is 28.4 Å². The first-order chi connectivity index (χ1) is 40.6. The van der Waals surface area contributed by atoms with Gasteiger partial charge in [-0.1, -0.05) is 263 Å². The molecule has 0 aromatic rings. The fraction of sp³-hybridized carbons (Fsp3) is 0.928. The van der Waals surface area contributed by atoms with Crippen LogP contribution < -0.4 is 0 Å². The van der Waals surface area contributed by atoms with Crippen molar-refractivity contribution >= 4 is 5.97 Å². The number of aliphatic hydroxyl groups excluding tert-OH is 7. The summed E-state index contributed by atoms with van der Waals surface area (Å²) in [4.78, 5) is 13.1. The molecule has 83 heavy (non-hydrogen) atoms. The van der Waals surface area contributed by atoms with Crippen molar-refractivity contribution in [3.05, 3.63) is 24.3 Å². The molecule has 14 heteroatoms. The van der Waals surface area contributed by atoms with E-state index in [-0.39, 0.29) is 25.6 Å². The van der Waals surface area contributed by atoms with Gasteiger partial charge in [0.05, 0.1) is 26.4 Å². The Bertz CT molecular complexity index is 1470. The average Bonchev–Trinajstić information content (AvgIpc) is 3.69. The van der Waals surface area contributed by atoms with Gasteiger partial charge in [-0.3, -0.25) is 4.79 Å². The maximum Gasteiger partial charge on any atom is 0.306 e. The van der Waals surface area contributed by atoms with E-state index in [0.717, 1.165) is 38.5 Å². The molecule has 2 aliphatic rings. The van der Waals surface area contributed by atoms with Crippen LogP contribution in [0.5, 0.6) is 0 Å². The molecule has 0 radical (unpaired) electrons. The Morgan fingerprint density at radius 1 is 0.386 bits per heavy atom. The van der Waals surface area contributed by atoms with Crippen LogP contribution in [0, 0.1) is 0 Å². The molecule has 2 aliphatic heterocycles. The number of allylic oxidation sites excluding steroid dienone is 4. The van der Waals surface area contributed by atoms with E-state index in [2.05, 4.69) is 38.2 Å². The lowest BCUT2D eigenvalue weighted by Gasteiger charge is -2.42. The van der Waals surface area contributed by atoms with E-state index in [0.29, 0.717) is 13.0 Å². The van der Waals surface area contributed by atoms with Gasteiger partial charge in [-0.2, -0.15) is 0 Å². The monoisotopic (exact) mass is 1180 g/mol. The van der Waals surface area contributed by atoms with Gasteiger partial charge in [0, 0.05) is 13.0 Å². The number of carbonyl (C=O) groups is 1. The Balaban J connectivity index is 1.63. The summed E-state index contributed by atoms with van der Waals surface area (Å²) in [5, 5.41) is 72.6. The van der Waals surface area contributed by atoms with Crippen LogP contribution in [0.25, 0.3) is 0 Å². The van der Waals surface area contributed by atoms with Gasteiger partial charge < -0.3 is 64.2 Å². The number of hydrogen-bond acceptors (Lipinski definition) is 14. The number of aliphatic hydroxyl groups is 7. The number of carbonyl (C=O) groups excluding carboxylic acids is 1. The third-order valence-electron chi connectivity index (χ3n) is 16.9. The molecular weight excluding hydrogens is 1050 g/mol. The first-order valence-corrected chi connectivity index (χ1v) is 34.9. The smallest absolute Gasteiger partial charge is 0.306 e. The second-order valence-corrected chi connectivity index (χ2v) is 24.7. The average molecular weight is 1180 g/mol. The Morgan fingerprint density at radius 3 is 1.10 bits per heavy atom. The molecule has 0 spiro atoms. The summed E-state index contributed by atoms with van der Waals surface area (Å²) in [5.74, 6) is -0.370. The number of unbranched alkanes of at least 4 members (excludes halogenated alkanes) is 41. The van der Waals surface area contributed by atoms with E-state index in [1.165, 1.54) is 244 Å². The molecule has 7 N–H and O–H groups in total. The van der Waals surface area contributed by atoms with E-state index in [9.17, 15) is 40.5 Å². The maximum absolute atomic E-state index is 13.1. The second-order valence-electron chi connectivity index (χ2n) is 24.7. The summed E-state index contributed by atoms with van der Waals surface area (Å²) < 4.78 is 34.6. The number of hydrogen-bond donors (Lipinski definition) is 7. The van der Waals surface area contributed by atoms with Crippen molar-refractivity contribution in [2.45, 2.75) is 377 Å². The van der Waals surface area contributed by atoms with E-state index in [1.807, 2.05) is 0 Å². The lowest BCUT2D eigenvalue weighted by molar-refractivity contribution is -0.332. The first kappa shape index (κ1) is 77.6. The zero-order valence-corrected chi connectivity index (χ0v) is 53.2. The predicted octanol–water partition coefficient (Wildman–Crippen LogP) is 14.7. The Morgan fingerprint density at radius 2 is 0.711 bits per heavy atom. The van der Waals surface area contributed by atoms with Crippen LogP contribution in [-0.2, 0) is 33.2 Å². The zero-order chi connectivity index (χ0) is 60.1. The van der Waals surface area contributed by atoms with Gasteiger partial charge in [0.15, 0.2) is 12.6 Å². The maximum atomic E-state index is 13.1. The van der Waals surface area contributed by atoms with Gasteiger partial charge in [0.2, 0.25) is 0 Å². The van der Waals surface area contributed by atoms with Crippen LogP contribution in [0.2, 0.25) is 0 Å². The fourth-order valence-electron chi connectivity index (χ4n) is 11.3. The van der Waals surface area contributed by atoms with Crippen molar-refractivity contribution < 1.29 is 69.0 Å². The largest absolute Gasteiger partial charge is 0.457 e. The molecule has 2 rings (SSSR count). The summed E-state index contributed by atoms with van der Waals surface area (Å²) >= 11 is 0.